The van der Waals surface area contributed by atoms with E-state index in [1.165, 1.54) is 6.20 Å². The van der Waals surface area contributed by atoms with E-state index in [0.717, 1.165) is 11.4 Å². The number of allylic oxidation sites excluding steroid dienone is 3. The van der Waals surface area contributed by atoms with Crippen LogP contribution in [0.25, 0.3) is 23.2 Å². The lowest BCUT2D eigenvalue weighted by molar-refractivity contribution is -0.143. The molecule has 18 nitrogen and oxygen atoms in total. The summed E-state index contributed by atoms with van der Waals surface area (Å²) in [6.45, 7) is 0.259. The van der Waals surface area contributed by atoms with Crippen molar-refractivity contribution in [2.75, 3.05) is 62.9 Å². The minimum Gasteiger partial charge on any atom is -0.456 e. The van der Waals surface area contributed by atoms with Gasteiger partial charge in [-0.2, -0.15) is 0 Å². The van der Waals surface area contributed by atoms with Gasteiger partial charge in [-0.25, -0.2) is 14.8 Å². The summed E-state index contributed by atoms with van der Waals surface area (Å²) in [6.07, 6.45) is 10.4. The second-order valence-electron chi connectivity index (χ2n) is 15.5. The first-order chi connectivity index (χ1) is 30.0. The van der Waals surface area contributed by atoms with Crippen molar-refractivity contribution >= 4 is 40.8 Å². The van der Waals surface area contributed by atoms with Crippen molar-refractivity contribution in [3.8, 4) is 34.7 Å². The predicted octanol–water partition coefficient (Wildman–Crippen LogP) is 3.61. The summed E-state index contributed by atoms with van der Waals surface area (Å²) in [5, 5.41) is 21.5. The van der Waals surface area contributed by atoms with Gasteiger partial charge in [-0.1, -0.05) is 12.2 Å². The molecule has 9 rings (SSSR count). The lowest BCUT2D eigenvalue weighted by atomic mass is 9.76. The number of nitrogens with zero attached hydrogens (tertiary/aromatic N) is 10. The molecule has 2 fully saturated rings. The highest BCUT2D eigenvalue weighted by Gasteiger charge is 2.56. The molecule has 6 heterocycles. The van der Waals surface area contributed by atoms with Crippen LogP contribution >= 0.6 is 0 Å². The van der Waals surface area contributed by atoms with Crippen LogP contribution in [0.15, 0.2) is 108 Å². The number of carbonyl (C=O) groups excluding carboxylic acids is 4. The van der Waals surface area contributed by atoms with Crippen molar-refractivity contribution in [2.45, 2.75) is 18.4 Å². The molecule has 0 radical (unpaired) electrons. The normalized spacial score (nSPS) is 16.9. The zero-order chi connectivity index (χ0) is 43.1. The fraction of sp³-hybridized carbons (Fsp3) is 0.250. The van der Waals surface area contributed by atoms with Gasteiger partial charge in [0.25, 0.3) is 0 Å². The molecular formula is C44H40N12O6. The number of likely N-dealkylation sites (tertiary alicyclic amines) is 1. The van der Waals surface area contributed by atoms with E-state index in [2.05, 4.69) is 46.0 Å². The standard InChI is InChI=1S/C44H40N12O6/c1-54(2)28-9-13-32-35(20-28)61-36-21-29(55(3)4)10-14-33(36)44(32)31-12-7-25(6-11-30(31)43(60)62-44)42(59)56-19-16-26(24-56)41(58)48-23-37(57)49-27-8-15-34(47-22-27)38-50-52-40(53-51-38)39-45-17-5-18-46-39/h5-6,8-15,17-18,20-22,26H,7,16,19,23-24H2,1-4H3,(H,48,58)(H,49,57). The van der Waals surface area contributed by atoms with Crippen molar-refractivity contribution in [3.63, 3.8) is 0 Å². The lowest BCUT2D eigenvalue weighted by Gasteiger charge is -2.37. The number of nitrogens with one attached hydrogen (secondary N) is 2. The Bertz CT molecular complexity index is 2660. The first-order valence-electron chi connectivity index (χ1n) is 19.8. The van der Waals surface area contributed by atoms with Crippen molar-refractivity contribution in [1.29, 1.82) is 0 Å². The number of anilines is 3. The van der Waals surface area contributed by atoms with E-state index in [0.29, 0.717) is 69.5 Å². The number of aromatic nitrogens is 7. The Kier molecular flexibility index (Phi) is 10.2. The smallest absolute Gasteiger partial charge is 0.340 e. The topological polar surface area (TPSA) is 211 Å². The molecule has 2 N–H and O–H groups in total. The van der Waals surface area contributed by atoms with E-state index in [1.807, 2.05) is 80.5 Å². The van der Waals surface area contributed by atoms with Crippen molar-refractivity contribution in [3.05, 3.63) is 119 Å². The maximum atomic E-state index is 14.0. The average Bonchev–Trinajstić information content (AvgIpc) is 3.80. The van der Waals surface area contributed by atoms with Gasteiger partial charge < -0.3 is 34.8 Å². The number of hydrogen-bond donors (Lipinski definition) is 2. The van der Waals surface area contributed by atoms with E-state index >= 15 is 0 Å². The van der Waals surface area contributed by atoms with Gasteiger partial charge in [0.05, 0.1) is 29.9 Å². The highest BCUT2D eigenvalue weighted by atomic mass is 16.6. The molecule has 18 heteroatoms. The molecule has 2 saturated heterocycles. The molecule has 0 saturated carbocycles. The molecule has 0 bridgehead atoms. The molecule has 4 aliphatic rings. The van der Waals surface area contributed by atoms with Gasteiger partial charge in [-0.15, -0.1) is 20.4 Å². The van der Waals surface area contributed by atoms with Crippen LogP contribution in [0.1, 0.15) is 24.0 Å². The van der Waals surface area contributed by atoms with Crippen LogP contribution < -0.4 is 25.2 Å². The number of hydrogen-bond acceptors (Lipinski definition) is 15. The molecule has 3 amide bonds. The van der Waals surface area contributed by atoms with Crippen molar-refractivity contribution < 1.29 is 28.7 Å². The Morgan fingerprint density at radius 1 is 0.839 bits per heavy atom. The largest absolute Gasteiger partial charge is 0.456 e. The lowest BCUT2D eigenvalue weighted by Crippen LogP contribution is -2.38. The Morgan fingerprint density at radius 3 is 2.16 bits per heavy atom. The first-order valence-corrected chi connectivity index (χ1v) is 19.8. The number of pyridine rings is 1. The zero-order valence-corrected chi connectivity index (χ0v) is 34.2. The Balaban J connectivity index is 0.834. The van der Waals surface area contributed by atoms with Crippen LogP contribution in [0.3, 0.4) is 0 Å². The first kappa shape index (κ1) is 39.6. The van der Waals surface area contributed by atoms with Crippen LogP contribution in [0.5, 0.6) is 11.5 Å². The number of fused-ring (bicyclic) bond motifs is 6. The van der Waals surface area contributed by atoms with Crippen LogP contribution in [-0.2, 0) is 29.5 Å². The van der Waals surface area contributed by atoms with Crippen LogP contribution in [-0.4, -0.2) is 112 Å². The zero-order valence-electron chi connectivity index (χ0n) is 34.2. The van der Waals surface area contributed by atoms with Crippen LogP contribution in [0.2, 0.25) is 0 Å². The molecule has 1 unspecified atom stereocenters. The minimum atomic E-state index is -1.30. The van der Waals surface area contributed by atoms with Gasteiger partial charge in [-0.05, 0) is 61.4 Å². The molecule has 1 spiro atoms. The number of amides is 3. The molecule has 312 valence electrons. The summed E-state index contributed by atoms with van der Waals surface area (Å²) in [4.78, 5) is 71.8. The van der Waals surface area contributed by atoms with Gasteiger partial charge in [0.15, 0.2) is 5.60 Å². The van der Waals surface area contributed by atoms with Gasteiger partial charge in [-0.3, -0.25) is 19.4 Å². The van der Waals surface area contributed by atoms with Crippen molar-refractivity contribution in [2.24, 2.45) is 5.92 Å². The van der Waals surface area contributed by atoms with E-state index in [1.54, 1.807) is 47.6 Å². The van der Waals surface area contributed by atoms with Crippen LogP contribution in [0.4, 0.5) is 17.1 Å². The average molecular weight is 833 g/mol. The highest BCUT2D eigenvalue weighted by Crippen LogP contribution is 2.58. The molecule has 5 aromatic rings. The maximum absolute atomic E-state index is 14.0. The third kappa shape index (κ3) is 7.24. The summed E-state index contributed by atoms with van der Waals surface area (Å²) < 4.78 is 12.9. The second-order valence-corrected chi connectivity index (χ2v) is 15.5. The fourth-order valence-corrected chi connectivity index (χ4v) is 7.89. The summed E-state index contributed by atoms with van der Waals surface area (Å²) in [5.41, 5.74) is 4.16. The Morgan fingerprint density at radius 2 is 1.52 bits per heavy atom. The molecule has 2 aromatic carbocycles. The summed E-state index contributed by atoms with van der Waals surface area (Å²) in [7, 11) is 7.78. The van der Waals surface area contributed by atoms with Crippen LogP contribution in [0, 0.1) is 5.92 Å². The van der Waals surface area contributed by atoms with Gasteiger partial charge in [0, 0.05) is 99.5 Å². The number of ether oxygens (including phenoxy) is 2. The number of carbonyl (C=O) groups is 4. The SMILES string of the molecule is CN(C)c1ccc2c(c1)Oc1cc(N(C)C)ccc1C21OC(=O)C2=CC=C(C(=O)N3CCC(C(=O)NCC(=O)Nc4ccc(-c5nnc(-c6ncccn6)nn5)nc4)C3)CC=C21. The number of benzene rings is 2. The van der Waals surface area contributed by atoms with Gasteiger partial charge in [0.1, 0.15) is 17.2 Å². The van der Waals surface area contributed by atoms with E-state index in [9.17, 15) is 19.2 Å². The van der Waals surface area contributed by atoms with Crippen molar-refractivity contribution in [1.82, 2.24) is 45.6 Å². The molecule has 3 aliphatic heterocycles. The summed E-state index contributed by atoms with van der Waals surface area (Å²) in [6, 6.07) is 16.5. The fourth-order valence-electron chi connectivity index (χ4n) is 7.89. The summed E-state index contributed by atoms with van der Waals surface area (Å²) >= 11 is 0. The molecule has 3 aromatic heterocycles. The monoisotopic (exact) mass is 832 g/mol. The minimum absolute atomic E-state index is 0.169. The van der Waals surface area contributed by atoms with E-state index < -0.39 is 23.4 Å². The quantitative estimate of drug-likeness (QED) is 0.203. The van der Waals surface area contributed by atoms with E-state index in [4.69, 9.17) is 9.47 Å². The Labute approximate surface area is 355 Å². The third-order valence-corrected chi connectivity index (χ3v) is 11.1. The van der Waals surface area contributed by atoms with E-state index in [-0.39, 0.29) is 43.0 Å². The molecule has 1 atom stereocenters. The summed E-state index contributed by atoms with van der Waals surface area (Å²) in [5.74, 6) is -0.272. The molecule has 1 aliphatic carbocycles. The van der Waals surface area contributed by atoms with Gasteiger partial charge in [0.2, 0.25) is 35.2 Å². The predicted molar refractivity (Wildman–Crippen MR) is 226 cm³/mol. The number of esters is 1. The molecule has 62 heavy (non-hydrogen) atoms. The Hall–Kier alpha value is -7.89. The van der Waals surface area contributed by atoms with Gasteiger partial charge >= 0.3 is 5.97 Å². The maximum Gasteiger partial charge on any atom is 0.340 e. The molecular weight excluding hydrogens is 793 g/mol. The third-order valence-electron chi connectivity index (χ3n) is 11.1. The highest BCUT2D eigenvalue weighted by molar-refractivity contribution is 6.02. The number of rotatable bonds is 9. The second kappa shape index (κ2) is 15.9.